The molecule has 3 aromatic rings. The highest BCUT2D eigenvalue weighted by Gasteiger charge is 2.01. The molecule has 0 saturated heterocycles. The summed E-state index contributed by atoms with van der Waals surface area (Å²) in [4.78, 5) is 0. The SMILES string of the molecule is CCc1ccccc1C(O)=S.COc1ccccc1.OC(=S)c1ccccc1. The highest BCUT2D eigenvalue weighted by molar-refractivity contribution is 7.80. The van der Waals surface area contributed by atoms with Gasteiger partial charge in [0.2, 0.25) is 0 Å². The summed E-state index contributed by atoms with van der Waals surface area (Å²) in [6.45, 7) is 2.04. The van der Waals surface area contributed by atoms with Crippen LogP contribution < -0.4 is 4.74 Å². The molecule has 0 radical (unpaired) electrons. The summed E-state index contributed by atoms with van der Waals surface area (Å²) in [7, 11) is 1.66. The van der Waals surface area contributed by atoms with Gasteiger partial charge in [-0.1, -0.05) is 79.7 Å². The van der Waals surface area contributed by atoms with E-state index < -0.39 is 0 Å². The smallest absolute Gasteiger partial charge is 0.188 e. The number of rotatable bonds is 4. The van der Waals surface area contributed by atoms with Crippen molar-refractivity contribution in [3.8, 4) is 5.75 Å². The van der Waals surface area contributed by atoms with Crippen LogP contribution in [0.1, 0.15) is 23.6 Å². The molecule has 2 N–H and O–H groups in total. The number of hydrogen-bond acceptors (Lipinski definition) is 3. The Kier molecular flexibility index (Phi) is 11.2. The van der Waals surface area contributed by atoms with E-state index in [0.717, 1.165) is 23.3 Å². The maximum absolute atomic E-state index is 9.07. The van der Waals surface area contributed by atoms with Gasteiger partial charge in [0.25, 0.3) is 0 Å². The lowest BCUT2D eigenvalue weighted by molar-refractivity contribution is 0.415. The third kappa shape index (κ3) is 8.75. The van der Waals surface area contributed by atoms with Crippen molar-refractivity contribution in [2.45, 2.75) is 13.3 Å². The zero-order valence-corrected chi connectivity index (χ0v) is 17.5. The molecule has 0 unspecified atom stereocenters. The normalized spacial score (nSPS) is 9.07. The molecular weight excluding hydrogens is 388 g/mol. The summed E-state index contributed by atoms with van der Waals surface area (Å²) in [5.74, 6) is 0.910. The van der Waals surface area contributed by atoms with Crippen LogP contribution in [-0.4, -0.2) is 27.4 Å². The van der Waals surface area contributed by atoms with E-state index in [4.69, 9.17) is 14.9 Å². The van der Waals surface area contributed by atoms with Gasteiger partial charge in [0, 0.05) is 11.1 Å². The molecule has 0 aromatic heterocycles. The number of thiocarbonyl (C=S) groups is 2. The van der Waals surface area contributed by atoms with Crippen molar-refractivity contribution in [2.75, 3.05) is 7.11 Å². The first-order valence-corrected chi connectivity index (χ1v) is 9.49. The van der Waals surface area contributed by atoms with Crippen LogP contribution in [0, 0.1) is 0 Å². The molecule has 0 fully saturated rings. The van der Waals surface area contributed by atoms with Gasteiger partial charge in [0.05, 0.1) is 7.11 Å². The molecule has 0 aliphatic heterocycles. The van der Waals surface area contributed by atoms with Gasteiger partial charge in [-0.3, -0.25) is 0 Å². The van der Waals surface area contributed by atoms with E-state index in [-0.39, 0.29) is 10.1 Å². The second-order valence-electron chi connectivity index (χ2n) is 5.50. The van der Waals surface area contributed by atoms with Gasteiger partial charge in [0.1, 0.15) is 5.75 Å². The topological polar surface area (TPSA) is 49.7 Å². The molecule has 146 valence electrons. The second kappa shape index (κ2) is 13.4. The highest BCUT2D eigenvalue weighted by Crippen LogP contribution is 2.09. The molecule has 3 nitrogen and oxygen atoms in total. The van der Waals surface area contributed by atoms with Crippen LogP contribution in [0.5, 0.6) is 5.75 Å². The van der Waals surface area contributed by atoms with Crippen LogP contribution in [0.15, 0.2) is 84.9 Å². The number of benzene rings is 3. The number of methoxy groups -OCH3 is 1. The molecule has 0 aliphatic carbocycles. The van der Waals surface area contributed by atoms with Crippen molar-refractivity contribution in [2.24, 2.45) is 0 Å². The third-order valence-electron chi connectivity index (χ3n) is 3.63. The summed E-state index contributed by atoms with van der Waals surface area (Å²) in [5.41, 5.74) is 2.58. The predicted molar refractivity (Wildman–Crippen MR) is 124 cm³/mol. The maximum atomic E-state index is 9.07. The van der Waals surface area contributed by atoms with E-state index in [2.05, 4.69) is 24.4 Å². The number of aryl methyl sites for hydroxylation is 1. The molecule has 0 bridgehead atoms. The van der Waals surface area contributed by atoms with Gasteiger partial charge in [-0.25, -0.2) is 0 Å². The third-order valence-corrected chi connectivity index (χ3v) is 4.08. The van der Waals surface area contributed by atoms with E-state index in [1.54, 1.807) is 19.2 Å². The van der Waals surface area contributed by atoms with E-state index >= 15 is 0 Å². The number of aliphatic hydroxyl groups is 2. The Morgan fingerprint density at radius 1 is 0.750 bits per heavy atom. The van der Waals surface area contributed by atoms with Crippen molar-refractivity contribution in [3.63, 3.8) is 0 Å². The van der Waals surface area contributed by atoms with Gasteiger partial charge in [0.15, 0.2) is 10.1 Å². The van der Waals surface area contributed by atoms with E-state index in [1.807, 2.05) is 79.7 Å². The lowest BCUT2D eigenvalue weighted by atomic mass is 10.1. The molecule has 5 heteroatoms. The van der Waals surface area contributed by atoms with Crippen molar-refractivity contribution in [1.29, 1.82) is 0 Å². The summed E-state index contributed by atoms with van der Waals surface area (Å²) in [6, 6.07) is 26.4. The van der Waals surface area contributed by atoms with Gasteiger partial charge in [-0.2, -0.15) is 0 Å². The number of hydrogen-bond donors (Lipinski definition) is 2. The summed E-state index contributed by atoms with van der Waals surface area (Å²) >= 11 is 9.19. The van der Waals surface area contributed by atoms with E-state index in [9.17, 15) is 0 Å². The Labute approximate surface area is 177 Å². The standard InChI is InChI=1S/C9H10OS.C7H6OS.C7H8O/c1-2-7-5-3-4-6-8(7)9(10)11;8-7(9)6-4-2-1-3-5-6;1-8-7-5-3-2-4-6-7/h3-6H,2H2,1H3,(H,10,11);1-5H,(H,8,9);2-6H,1H3. The minimum Gasteiger partial charge on any atom is -0.499 e. The van der Waals surface area contributed by atoms with Crippen molar-refractivity contribution in [3.05, 3.63) is 102 Å². The molecule has 0 aliphatic rings. The molecule has 0 heterocycles. The Morgan fingerprint density at radius 2 is 1.25 bits per heavy atom. The molecule has 28 heavy (non-hydrogen) atoms. The Morgan fingerprint density at radius 3 is 1.61 bits per heavy atom. The molecular formula is C23H24O3S2. The zero-order chi connectivity index (χ0) is 20.8. The fourth-order valence-corrected chi connectivity index (χ4v) is 2.51. The maximum Gasteiger partial charge on any atom is 0.188 e. The minimum absolute atomic E-state index is 0.0116. The summed E-state index contributed by atoms with van der Waals surface area (Å²) in [6.07, 6.45) is 0.900. The van der Waals surface area contributed by atoms with Crippen molar-refractivity contribution >= 4 is 34.5 Å². The Balaban J connectivity index is 0.000000213. The monoisotopic (exact) mass is 412 g/mol. The largest absolute Gasteiger partial charge is 0.499 e. The molecule has 0 saturated carbocycles. The fourth-order valence-electron chi connectivity index (χ4n) is 2.17. The molecule has 0 spiro atoms. The average molecular weight is 413 g/mol. The predicted octanol–water partition coefficient (Wildman–Crippen LogP) is 6.10. The summed E-state index contributed by atoms with van der Waals surface area (Å²) < 4.78 is 4.91. The van der Waals surface area contributed by atoms with Crippen LogP contribution in [-0.2, 0) is 6.42 Å². The lowest BCUT2D eigenvalue weighted by Crippen LogP contribution is -1.99. The number of ether oxygens (including phenoxy) is 1. The zero-order valence-electron chi connectivity index (χ0n) is 15.9. The van der Waals surface area contributed by atoms with Gasteiger partial charge in [-0.05, 0) is 48.6 Å². The average Bonchev–Trinajstić information content (AvgIpc) is 2.75. The van der Waals surface area contributed by atoms with Gasteiger partial charge < -0.3 is 14.9 Å². The second-order valence-corrected chi connectivity index (χ2v) is 6.28. The quantitative estimate of drug-likeness (QED) is 0.507. The van der Waals surface area contributed by atoms with Crippen LogP contribution in [0.2, 0.25) is 0 Å². The summed E-state index contributed by atoms with van der Waals surface area (Å²) in [5, 5.41) is 17.8. The lowest BCUT2D eigenvalue weighted by Gasteiger charge is -2.02. The Bertz CT molecular complexity index is 850. The molecule has 3 aromatic carbocycles. The minimum atomic E-state index is -0.0457. The highest BCUT2D eigenvalue weighted by atomic mass is 32.1. The van der Waals surface area contributed by atoms with Crippen LogP contribution in [0.25, 0.3) is 0 Å². The van der Waals surface area contributed by atoms with Crippen LogP contribution >= 0.6 is 24.4 Å². The van der Waals surface area contributed by atoms with Crippen LogP contribution in [0.3, 0.4) is 0 Å². The first kappa shape index (κ1) is 23.3. The number of para-hydroxylation sites is 1. The van der Waals surface area contributed by atoms with Crippen molar-refractivity contribution < 1.29 is 14.9 Å². The molecule has 0 atom stereocenters. The van der Waals surface area contributed by atoms with Gasteiger partial charge in [-0.15, -0.1) is 0 Å². The first-order chi connectivity index (χ1) is 13.5. The van der Waals surface area contributed by atoms with Crippen LogP contribution in [0.4, 0.5) is 0 Å². The van der Waals surface area contributed by atoms with Gasteiger partial charge >= 0.3 is 0 Å². The first-order valence-electron chi connectivity index (χ1n) is 8.68. The molecule has 3 rings (SSSR count). The molecule has 0 amide bonds. The van der Waals surface area contributed by atoms with Crippen molar-refractivity contribution in [1.82, 2.24) is 0 Å². The number of aliphatic hydroxyl groups excluding tert-OH is 2. The van der Waals surface area contributed by atoms with E-state index in [1.165, 1.54) is 0 Å². The Hall–Kier alpha value is -2.76. The van der Waals surface area contributed by atoms with E-state index in [0.29, 0.717) is 5.56 Å². The fraction of sp³-hybridized carbons (Fsp3) is 0.130.